The van der Waals surface area contributed by atoms with E-state index in [-0.39, 0.29) is 6.10 Å². The summed E-state index contributed by atoms with van der Waals surface area (Å²) in [5.74, 6) is -0.0187. The highest BCUT2D eigenvalue weighted by molar-refractivity contribution is 5.39. The predicted octanol–water partition coefficient (Wildman–Crippen LogP) is 1.08. The normalized spacial score (nSPS) is 26.5. The molecule has 1 aromatic heterocycles. The van der Waals surface area contributed by atoms with Gasteiger partial charge in [0.25, 0.3) is 0 Å². The second kappa shape index (κ2) is 2.71. The van der Waals surface area contributed by atoms with Crippen molar-refractivity contribution in [2.75, 3.05) is 12.3 Å². The molecule has 5 heteroatoms. The quantitative estimate of drug-likeness (QED) is 0.707. The van der Waals surface area contributed by atoms with Gasteiger partial charge in [-0.25, -0.2) is 0 Å². The monoisotopic (exact) mass is 184 g/mol. The number of aromatic nitrogens is 1. The fourth-order valence-electron chi connectivity index (χ4n) is 1.32. The van der Waals surface area contributed by atoms with Crippen LogP contribution in [-0.2, 0) is 9.47 Å². The molecule has 0 aromatic carbocycles. The van der Waals surface area contributed by atoms with Crippen LogP contribution in [0.5, 0.6) is 0 Å². The summed E-state index contributed by atoms with van der Waals surface area (Å²) in [4.78, 5) is 0. The molecular formula is C8H12N2O3. The Labute approximate surface area is 75.8 Å². The van der Waals surface area contributed by atoms with E-state index in [9.17, 15) is 0 Å². The minimum absolute atomic E-state index is 0.238. The van der Waals surface area contributed by atoms with E-state index in [0.29, 0.717) is 18.1 Å². The molecule has 1 aliphatic rings. The summed E-state index contributed by atoms with van der Waals surface area (Å²) in [6.07, 6.45) is 1.22. The second-order valence-corrected chi connectivity index (χ2v) is 3.46. The summed E-state index contributed by atoms with van der Waals surface area (Å²) in [6.45, 7) is 4.14. The molecule has 1 unspecified atom stereocenters. The van der Waals surface area contributed by atoms with Gasteiger partial charge in [-0.3, -0.25) is 0 Å². The maximum absolute atomic E-state index is 5.62. The highest BCUT2D eigenvalue weighted by atomic mass is 16.7. The summed E-state index contributed by atoms with van der Waals surface area (Å²) in [5.41, 5.74) is 6.12. The van der Waals surface area contributed by atoms with Crippen LogP contribution in [-0.4, -0.2) is 17.6 Å². The van der Waals surface area contributed by atoms with E-state index in [1.54, 1.807) is 0 Å². The molecule has 72 valence electrons. The maximum atomic E-state index is 5.62. The van der Waals surface area contributed by atoms with Crippen molar-refractivity contribution in [2.45, 2.75) is 25.7 Å². The largest absolute Gasteiger partial charge is 0.394 e. The molecule has 1 aromatic rings. The van der Waals surface area contributed by atoms with Gasteiger partial charge >= 0.3 is 0 Å². The fourth-order valence-corrected chi connectivity index (χ4v) is 1.32. The Morgan fingerprint density at radius 3 is 2.85 bits per heavy atom. The van der Waals surface area contributed by atoms with Crippen molar-refractivity contribution in [3.63, 3.8) is 0 Å². The molecule has 0 amide bonds. The second-order valence-electron chi connectivity index (χ2n) is 3.46. The Hall–Kier alpha value is -1.07. The molecule has 0 radical (unpaired) electrons. The summed E-state index contributed by atoms with van der Waals surface area (Å²) >= 11 is 0. The topological polar surface area (TPSA) is 70.5 Å². The molecule has 2 rings (SSSR count). The number of ether oxygens (including phenoxy) is 2. The first-order valence-corrected chi connectivity index (χ1v) is 4.10. The number of hydrogen-bond donors (Lipinski definition) is 1. The molecule has 13 heavy (non-hydrogen) atoms. The van der Waals surface area contributed by atoms with Gasteiger partial charge in [-0.05, 0) is 13.8 Å². The van der Waals surface area contributed by atoms with Crippen LogP contribution in [0.25, 0.3) is 0 Å². The summed E-state index contributed by atoms with van der Waals surface area (Å²) in [5, 5.41) is 3.58. The first-order chi connectivity index (χ1) is 6.08. The molecule has 5 nitrogen and oxygen atoms in total. The van der Waals surface area contributed by atoms with E-state index >= 15 is 0 Å². The van der Waals surface area contributed by atoms with Gasteiger partial charge in [-0.2, -0.15) is 0 Å². The Kier molecular flexibility index (Phi) is 1.78. The molecule has 1 fully saturated rings. The number of rotatable bonds is 1. The molecule has 2 heterocycles. The van der Waals surface area contributed by atoms with Crippen LogP contribution < -0.4 is 5.73 Å². The highest BCUT2D eigenvalue weighted by Crippen LogP contribution is 2.34. The van der Waals surface area contributed by atoms with Gasteiger partial charge in [0.1, 0.15) is 6.10 Å². The third-order valence-electron chi connectivity index (χ3n) is 1.93. The Balaban J connectivity index is 2.17. The molecule has 0 aliphatic carbocycles. The Morgan fingerprint density at radius 2 is 2.38 bits per heavy atom. The van der Waals surface area contributed by atoms with E-state index < -0.39 is 5.79 Å². The van der Waals surface area contributed by atoms with Gasteiger partial charge < -0.3 is 19.7 Å². The van der Waals surface area contributed by atoms with Gasteiger partial charge in [0.05, 0.1) is 18.5 Å². The summed E-state index contributed by atoms with van der Waals surface area (Å²) in [6, 6.07) is 0. The number of nitrogens with two attached hydrogens (primary N) is 1. The maximum Gasteiger partial charge on any atom is 0.190 e. The van der Waals surface area contributed by atoms with Crippen molar-refractivity contribution in [3.05, 3.63) is 12.0 Å². The smallest absolute Gasteiger partial charge is 0.190 e. The Bertz CT molecular complexity index is 308. The molecule has 0 spiro atoms. The van der Waals surface area contributed by atoms with E-state index in [1.807, 2.05) is 13.8 Å². The third-order valence-corrected chi connectivity index (χ3v) is 1.93. The molecule has 1 aliphatic heterocycles. The van der Waals surface area contributed by atoms with Crippen LogP contribution in [0.4, 0.5) is 5.69 Å². The first-order valence-electron chi connectivity index (χ1n) is 4.10. The first kappa shape index (κ1) is 8.52. The fraction of sp³-hybridized carbons (Fsp3) is 0.625. The van der Waals surface area contributed by atoms with Gasteiger partial charge in [0.15, 0.2) is 11.5 Å². The lowest BCUT2D eigenvalue weighted by molar-refractivity contribution is -0.141. The van der Waals surface area contributed by atoms with Crippen LogP contribution >= 0.6 is 0 Å². The lowest BCUT2D eigenvalue weighted by Gasteiger charge is -2.15. The van der Waals surface area contributed by atoms with Crippen molar-refractivity contribution in [1.29, 1.82) is 0 Å². The minimum atomic E-state index is -0.566. The van der Waals surface area contributed by atoms with Crippen LogP contribution in [0, 0.1) is 0 Å². The van der Waals surface area contributed by atoms with Crippen molar-refractivity contribution < 1.29 is 14.0 Å². The predicted molar refractivity (Wildman–Crippen MR) is 44.8 cm³/mol. The van der Waals surface area contributed by atoms with E-state index in [1.165, 1.54) is 6.20 Å². The van der Waals surface area contributed by atoms with Crippen molar-refractivity contribution in [1.82, 2.24) is 5.16 Å². The average Bonchev–Trinajstić information content (AvgIpc) is 2.56. The van der Waals surface area contributed by atoms with Gasteiger partial charge in [0.2, 0.25) is 0 Å². The number of nitrogens with zero attached hydrogens (tertiary/aromatic N) is 1. The number of anilines is 1. The number of hydrogen-bond acceptors (Lipinski definition) is 5. The van der Waals surface area contributed by atoms with Crippen molar-refractivity contribution in [3.8, 4) is 0 Å². The standard InChI is InChI=1S/C8H12N2O3/c1-8(2)11-4-6(12-8)7-5(9)3-10-13-7/h3,6H,4,9H2,1-2H3. The number of nitrogen functional groups attached to an aromatic ring is 1. The molecule has 0 saturated carbocycles. The summed E-state index contributed by atoms with van der Waals surface area (Å²) < 4.78 is 15.9. The Morgan fingerprint density at radius 1 is 1.62 bits per heavy atom. The lowest BCUT2D eigenvalue weighted by atomic mass is 10.2. The average molecular weight is 184 g/mol. The highest BCUT2D eigenvalue weighted by Gasteiger charge is 2.36. The van der Waals surface area contributed by atoms with E-state index in [4.69, 9.17) is 19.7 Å². The summed E-state index contributed by atoms with van der Waals surface area (Å²) in [7, 11) is 0. The zero-order valence-corrected chi connectivity index (χ0v) is 7.61. The van der Waals surface area contributed by atoms with Gasteiger partial charge in [-0.15, -0.1) is 0 Å². The minimum Gasteiger partial charge on any atom is -0.394 e. The SMILES string of the molecule is CC1(C)OCC(c2oncc2N)O1. The van der Waals surface area contributed by atoms with Crippen LogP contribution in [0.1, 0.15) is 25.7 Å². The van der Waals surface area contributed by atoms with Crippen LogP contribution in [0.15, 0.2) is 10.7 Å². The van der Waals surface area contributed by atoms with E-state index in [0.717, 1.165) is 0 Å². The third kappa shape index (κ3) is 1.52. The van der Waals surface area contributed by atoms with Crippen molar-refractivity contribution >= 4 is 5.69 Å². The zero-order valence-electron chi connectivity index (χ0n) is 7.61. The molecular weight excluding hydrogens is 172 g/mol. The lowest BCUT2D eigenvalue weighted by Crippen LogP contribution is -2.19. The molecule has 1 atom stereocenters. The van der Waals surface area contributed by atoms with Crippen molar-refractivity contribution in [2.24, 2.45) is 0 Å². The molecule has 1 saturated heterocycles. The van der Waals surface area contributed by atoms with Gasteiger partial charge in [-0.1, -0.05) is 5.16 Å². The van der Waals surface area contributed by atoms with Gasteiger partial charge in [0, 0.05) is 0 Å². The zero-order chi connectivity index (χ0) is 9.47. The molecule has 0 bridgehead atoms. The van der Waals surface area contributed by atoms with E-state index in [2.05, 4.69) is 5.16 Å². The van der Waals surface area contributed by atoms with Crippen LogP contribution in [0.3, 0.4) is 0 Å². The molecule has 2 N–H and O–H groups in total. The van der Waals surface area contributed by atoms with Crippen LogP contribution in [0.2, 0.25) is 0 Å².